The van der Waals surface area contributed by atoms with E-state index in [2.05, 4.69) is 101 Å². The minimum atomic E-state index is -2.33. The highest BCUT2D eigenvalue weighted by molar-refractivity contribution is 5.63. The summed E-state index contributed by atoms with van der Waals surface area (Å²) in [6.07, 6.45) is 13.7. The van der Waals surface area contributed by atoms with Crippen molar-refractivity contribution >= 4 is 18.4 Å². The lowest BCUT2D eigenvalue weighted by molar-refractivity contribution is 0.159. The van der Waals surface area contributed by atoms with E-state index in [1.807, 2.05) is 42.1 Å². The van der Waals surface area contributed by atoms with Crippen LogP contribution in [0.25, 0.3) is 17.3 Å². The third kappa shape index (κ3) is 13.6. The molecule has 1 aromatic heterocycles. The first kappa shape index (κ1) is 38.8. The fraction of sp³-hybridized carbons (Fsp3) is 0.294. The molecule has 0 unspecified atom stereocenters. The van der Waals surface area contributed by atoms with E-state index in [-0.39, 0.29) is 0 Å². The summed E-state index contributed by atoms with van der Waals surface area (Å²) in [6, 6.07) is 14.4. The summed E-state index contributed by atoms with van der Waals surface area (Å²) < 4.78 is 23.8. The second-order valence-electron chi connectivity index (χ2n) is 8.36. The number of aryl methyl sites for hydroxylation is 2. The largest absolute Gasteiger partial charge is 0.333 e. The minimum absolute atomic E-state index is 0.444. The first-order valence-electron chi connectivity index (χ1n) is 12.9. The summed E-state index contributed by atoms with van der Waals surface area (Å²) in [5.74, 6) is 2.62. The van der Waals surface area contributed by atoms with Crippen LogP contribution in [0.15, 0.2) is 60.6 Å². The Morgan fingerprint density at radius 1 is 1.15 bits per heavy atom. The molecule has 0 amide bonds. The Morgan fingerprint density at radius 3 is 2.20 bits per heavy atom. The summed E-state index contributed by atoms with van der Waals surface area (Å²) in [5.41, 5.74) is 14.6. The molecule has 0 saturated heterocycles. The van der Waals surface area contributed by atoms with E-state index >= 15 is 0 Å². The molecule has 0 radical (unpaired) electrons. The molecule has 3 rings (SSSR count). The molecule has 0 spiro atoms. The highest BCUT2D eigenvalue weighted by atomic mass is 19.3. The number of alkyl halides is 2. The van der Waals surface area contributed by atoms with E-state index < -0.39 is 13.0 Å². The Balaban J connectivity index is 0. The maximum Gasteiger partial charge on any atom is 0.257 e. The Morgan fingerprint density at radius 2 is 1.76 bits per heavy atom. The van der Waals surface area contributed by atoms with Gasteiger partial charge in [-0.25, -0.2) is 13.5 Å². The molecule has 0 aliphatic heterocycles. The normalized spacial score (nSPS) is 9.15. The topological polar surface area (TPSA) is 68.2 Å². The number of hydrogen-bond donors (Lipinski definition) is 2. The lowest BCUT2D eigenvalue weighted by Gasteiger charge is -2.10. The smallest absolute Gasteiger partial charge is 0.257 e. The van der Waals surface area contributed by atoms with Crippen molar-refractivity contribution in [3.63, 3.8) is 0 Å². The predicted molar refractivity (Wildman–Crippen MR) is 175 cm³/mol. The standard InChI is InChI=1S/C16H21N3.C12H12.C3H5F2N.C2H2.CH5N/c1-5-12(2)16-10-14(11-17-4)18-19(16)15-9-7-6-8-13(15)3;1-5-11-7-9(3)10(4)12(6-2)8-11;1-6-2-3(4)5;2*1-2/h6-10,17H,2,5,11H2,1,3-4H3;1,6-8H,2H2,3-4H3;3H,1-2H2;1-2H;2H2,1H3. The van der Waals surface area contributed by atoms with Gasteiger partial charge in [-0.1, -0.05) is 50.3 Å². The molecule has 7 heteroatoms. The second-order valence-corrected chi connectivity index (χ2v) is 8.36. The van der Waals surface area contributed by atoms with Gasteiger partial charge >= 0.3 is 0 Å². The number of nitrogens with zero attached hydrogens (tertiary/aromatic N) is 3. The Labute approximate surface area is 246 Å². The van der Waals surface area contributed by atoms with Gasteiger partial charge in [0.1, 0.15) is 0 Å². The van der Waals surface area contributed by atoms with E-state index in [4.69, 9.17) is 11.5 Å². The quantitative estimate of drug-likeness (QED) is 0.229. The van der Waals surface area contributed by atoms with Crippen LogP contribution < -0.4 is 11.1 Å². The zero-order valence-corrected chi connectivity index (χ0v) is 25.3. The van der Waals surface area contributed by atoms with Crippen LogP contribution in [0.3, 0.4) is 0 Å². The van der Waals surface area contributed by atoms with Gasteiger partial charge in [0.25, 0.3) is 6.43 Å². The molecule has 1 heterocycles. The van der Waals surface area contributed by atoms with Gasteiger partial charge < -0.3 is 11.1 Å². The molecular weight excluding hydrogens is 516 g/mol. The summed E-state index contributed by atoms with van der Waals surface area (Å²) in [6.45, 7) is 19.4. The highest BCUT2D eigenvalue weighted by Gasteiger charge is 2.12. The second kappa shape index (κ2) is 22.5. The maximum atomic E-state index is 10.9. The molecule has 0 saturated carbocycles. The average Bonchev–Trinajstić information content (AvgIpc) is 3.40. The number of aromatic nitrogens is 2. The van der Waals surface area contributed by atoms with Crippen LogP contribution >= 0.6 is 0 Å². The number of rotatable bonds is 8. The molecule has 0 atom stereocenters. The van der Waals surface area contributed by atoms with Crippen molar-refractivity contribution in [2.24, 2.45) is 10.7 Å². The predicted octanol–water partition coefficient (Wildman–Crippen LogP) is 7.03. The van der Waals surface area contributed by atoms with Crippen LogP contribution in [0.4, 0.5) is 8.78 Å². The number of hydrogen-bond acceptors (Lipinski definition) is 4. The zero-order valence-electron chi connectivity index (χ0n) is 25.3. The summed E-state index contributed by atoms with van der Waals surface area (Å²) in [5, 5.41) is 7.84. The molecular formula is C34H45F2N5. The van der Waals surface area contributed by atoms with Crippen molar-refractivity contribution in [2.45, 2.75) is 47.1 Å². The van der Waals surface area contributed by atoms with Gasteiger partial charge in [0, 0.05) is 12.1 Å². The molecule has 3 N–H and O–H groups in total. The van der Waals surface area contributed by atoms with Crippen molar-refractivity contribution in [3.8, 4) is 30.9 Å². The SMILES string of the molecule is C#C.C#Cc1cc(C)c(C)c(C=C)c1.C=C(CC)c1cc(CNC)nn1-c1ccccc1C.C=NCC(F)F.CN. The van der Waals surface area contributed by atoms with Gasteiger partial charge in [-0.2, -0.15) is 5.10 Å². The number of aliphatic imine (C=N–C) groups is 1. The molecule has 41 heavy (non-hydrogen) atoms. The van der Waals surface area contributed by atoms with E-state index in [0.717, 1.165) is 46.7 Å². The van der Waals surface area contributed by atoms with E-state index in [0.29, 0.717) is 0 Å². The number of allylic oxidation sites excluding steroid dienone is 1. The van der Waals surface area contributed by atoms with Crippen molar-refractivity contribution in [1.29, 1.82) is 0 Å². The maximum absolute atomic E-state index is 10.9. The van der Waals surface area contributed by atoms with Crippen molar-refractivity contribution in [1.82, 2.24) is 15.1 Å². The molecule has 3 aromatic rings. The average molecular weight is 562 g/mol. The third-order valence-corrected chi connectivity index (χ3v) is 5.61. The fourth-order valence-electron chi connectivity index (χ4n) is 3.39. The number of benzene rings is 2. The summed E-state index contributed by atoms with van der Waals surface area (Å²) in [7, 11) is 3.43. The van der Waals surface area contributed by atoms with Gasteiger partial charge in [0.2, 0.25) is 0 Å². The van der Waals surface area contributed by atoms with Gasteiger partial charge in [-0.3, -0.25) is 4.99 Å². The van der Waals surface area contributed by atoms with Crippen molar-refractivity contribution in [2.75, 3.05) is 20.6 Å². The molecule has 220 valence electrons. The van der Waals surface area contributed by atoms with Crippen LogP contribution in [0, 0.1) is 46.0 Å². The monoisotopic (exact) mass is 561 g/mol. The van der Waals surface area contributed by atoms with Crippen molar-refractivity contribution < 1.29 is 8.78 Å². The molecule has 0 fully saturated rings. The van der Waals surface area contributed by atoms with Crippen LogP contribution in [0.5, 0.6) is 0 Å². The van der Waals surface area contributed by atoms with Gasteiger partial charge in [-0.15, -0.1) is 19.3 Å². The number of para-hydroxylation sites is 1. The van der Waals surface area contributed by atoms with Gasteiger partial charge in [0.05, 0.1) is 23.6 Å². The molecule has 5 nitrogen and oxygen atoms in total. The minimum Gasteiger partial charge on any atom is -0.333 e. The van der Waals surface area contributed by atoms with E-state index in [9.17, 15) is 8.78 Å². The van der Waals surface area contributed by atoms with Crippen LogP contribution in [-0.2, 0) is 6.54 Å². The highest BCUT2D eigenvalue weighted by Crippen LogP contribution is 2.23. The number of terminal acetylenes is 2. The van der Waals surface area contributed by atoms with Gasteiger partial charge in [-0.05, 0) is 100 Å². The molecule has 2 aromatic carbocycles. The van der Waals surface area contributed by atoms with Crippen LogP contribution in [-0.4, -0.2) is 43.6 Å². The van der Waals surface area contributed by atoms with Gasteiger partial charge in [0.15, 0.2) is 0 Å². The number of nitrogens with two attached hydrogens (primary N) is 1. The Hall–Kier alpha value is -4.30. The lowest BCUT2D eigenvalue weighted by Crippen LogP contribution is -2.07. The number of nitrogens with one attached hydrogen (secondary N) is 1. The molecule has 0 aliphatic rings. The van der Waals surface area contributed by atoms with Crippen molar-refractivity contribution in [3.05, 3.63) is 94.8 Å². The van der Waals surface area contributed by atoms with Crippen LogP contribution in [0.2, 0.25) is 0 Å². The first-order chi connectivity index (χ1) is 19.6. The Kier molecular flexibility index (Phi) is 21.3. The lowest BCUT2D eigenvalue weighted by atomic mass is 10.00. The molecule has 0 aliphatic carbocycles. The zero-order chi connectivity index (χ0) is 32.0. The van der Waals surface area contributed by atoms with E-state index in [1.54, 1.807) is 0 Å². The first-order valence-corrected chi connectivity index (χ1v) is 12.9. The summed E-state index contributed by atoms with van der Waals surface area (Å²) >= 11 is 0. The summed E-state index contributed by atoms with van der Waals surface area (Å²) in [4.78, 5) is 2.94. The van der Waals surface area contributed by atoms with E-state index in [1.165, 1.54) is 23.7 Å². The number of halogens is 2. The third-order valence-electron chi connectivity index (χ3n) is 5.61. The van der Waals surface area contributed by atoms with Crippen LogP contribution in [0.1, 0.15) is 52.5 Å². The molecule has 0 bridgehead atoms. The Bertz CT molecular complexity index is 1280. The fourth-order valence-corrected chi connectivity index (χ4v) is 3.39.